The Balaban J connectivity index is 1.68. The van der Waals surface area contributed by atoms with Gasteiger partial charge in [0.25, 0.3) is 0 Å². The number of ether oxygens (including phenoxy) is 2. The maximum absolute atomic E-state index is 12.2. The highest BCUT2D eigenvalue weighted by molar-refractivity contribution is 7.09. The second-order valence-electron chi connectivity index (χ2n) is 5.72. The highest BCUT2D eigenvalue weighted by Crippen LogP contribution is 2.38. The fourth-order valence-electron chi connectivity index (χ4n) is 3.13. The maximum Gasteiger partial charge on any atom is 0.342 e. The van der Waals surface area contributed by atoms with Crippen molar-refractivity contribution in [2.75, 3.05) is 6.61 Å². The van der Waals surface area contributed by atoms with Crippen LogP contribution in [0.2, 0.25) is 0 Å². The van der Waals surface area contributed by atoms with Crippen molar-refractivity contribution in [3.8, 4) is 5.75 Å². The average molecular weight is 343 g/mol. The Morgan fingerprint density at radius 3 is 3.17 bits per heavy atom. The zero-order valence-electron chi connectivity index (χ0n) is 13.5. The van der Waals surface area contributed by atoms with Gasteiger partial charge in [0.15, 0.2) is 0 Å². The number of hydrogen-bond acceptors (Lipinski definition) is 6. The monoisotopic (exact) mass is 343 g/mol. The first-order valence-electron chi connectivity index (χ1n) is 7.96. The lowest BCUT2D eigenvalue weighted by molar-refractivity contribution is 0.0526. The van der Waals surface area contributed by atoms with Gasteiger partial charge in [0.05, 0.1) is 22.7 Å². The van der Waals surface area contributed by atoms with Gasteiger partial charge >= 0.3 is 5.97 Å². The molecule has 0 fully saturated rings. The molecule has 1 unspecified atom stereocenters. The summed E-state index contributed by atoms with van der Waals surface area (Å²) >= 11 is 1.63. The molecule has 1 aliphatic rings. The Morgan fingerprint density at radius 2 is 2.33 bits per heavy atom. The predicted molar refractivity (Wildman–Crippen MR) is 90.7 cm³/mol. The molecule has 2 aromatic heterocycles. The molecule has 0 spiro atoms. The molecular weight excluding hydrogens is 326 g/mol. The van der Waals surface area contributed by atoms with Gasteiger partial charge in [0, 0.05) is 5.39 Å². The Hall–Kier alpha value is -2.34. The first-order chi connectivity index (χ1) is 11.7. The second kappa shape index (κ2) is 5.94. The largest absolute Gasteiger partial charge is 0.485 e. The van der Waals surface area contributed by atoms with Gasteiger partial charge in [0.1, 0.15) is 28.8 Å². The minimum absolute atomic E-state index is 0.0315. The van der Waals surface area contributed by atoms with E-state index in [-0.39, 0.29) is 12.1 Å². The van der Waals surface area contributed by atoms with E-state index in [1.54, 1.807) is 25.2 Å². The van der Waals surface area contributed by atoms with Gasteiger partial charge in [-0.1, -0.05) is 0 Å². The summed E-state index contributed by atoms with van der Waals surface area (Å²) in [5.41, 5.74) is 4.13. The molecule has 6 heteroatoms. The molecule has 5 nitrogen and oxygen atoms in total. The van der Waals surface area contributed by atoms with E-state index in [0.717, 1.165) is 29.7 Å². The molecule has 0 aliphatic heterocycles. The molecule has 4 rings (SSSR count). The van der Waals surface area contributed by atoms with Crippen LogP contribution >= 0.6 is 11.3 Å². The second-order valence-corrected chi connectivity index (χ2v) is 6.61. The Labute approximate surface area is 143 Å². The van der Waals surface area contributed by atoms with Crippen LogP contribution in [-0.4, -0.2) is 17.6 Å². The standard InChI is InChI=1S/C18H17NO4S/c1-3-21-18(20)16-10(2)22-14-6-4-11(8-12(14)16)23-15-7-5-13-17(15)24-9-19-13/h4,6,8-9,15H,3,5,7H2,1-2H3. The average Bonchev–Trinajstić information content (AvgIpc) is 3.22. The summed E-state index contributed by atoms with van der Waals surface area (Å²) in [5.74, 6) is 0.919. The van der Waals surface area contributed by atoms with Crippen LogP contribution in [0.1, 0.15) is 46.1 Å². The van der Waals surface area contributed by atoms with Crippen molar-refractivity contribution in [2.45, 2.75) is 32.8 Å². The molecule has 3 aromatic rings. The molecule has 0 bridgehead atoms. The van der Waals surface area contributed by atoms with Gasteiger partial charge in [-0.2, -0.15) is 0 Å². The van der Waals surface area contributed by atoms with Crippen LogP contribution < -0.4 is 4.74 Å². The molecule has 2 heterocycles. The zero-order valence-corrected chi connectivity index (χ0v) is 14.3. The third-order valence-corrected chi connectivity index (χ3v) is 5.17. The van der Waals surface area contributed by atoms with E-state index in [9.17, 15) is 4.79 Å². The molecule has 0 N–H and O–H groups in total. The molecule has 0 amide bonds. The highest BCUT2D eigenvalue weighted by atomic mass is 32.1. The van der Waals surface area contributed by atoms with Crippen molar-refractivity contribution in [3.05, 3.63) is 45.6 Å². The quantitative estimate of drug-likeness (QED) is 0.655. The minimum Gasteiger partial charge on any atom is -0.485 e. The van der Waals surface area contributed by atoms with E-state index in [0.29, 0.717) is 23.5 Å². The number of carbonyl (C=O) groups is 1. The normalized spacial score (nSPS) is 16.3. The molecule has 0 saturated heterocycles. The summed E-state index contributed by atoms with van der Waals surface area (Å²) in [4.78, 5) is 17.8. The number of benzene rings is 1. The van der Waals surface area contributed by atoms with Crippen molar-refractivity contribution in [1.29, 1.82) is 0 Å². The lowest BCUT2D eigenvalue weighted by Gasteiger charge is -2.13. The molecule has 0 radical (unpaired) electrons. The summed E-state index contributed by atoms with van der Waals surface area (Å²) < 4.78 is 17.0. The van der Waals surface area contributed by atoms with E-state index in [1.807, 2.05) is 23.7 Å². The van der Waals surface area contributed by atoms with Gasteiger partial charge in [-0.05, 0) is 44.9 Å². The van der Waals surface area contributed by atoms with Gasteiger partial charge in [-0.15, -0.1) is 11.3 Å². The van der Waals surface area contributed by atoms with Crippen LogP contribution in [0.4, 0.5) is 0 Å². The van der Waals surface area contributed by atoms with Crippen LogP contribution in [-0.2, 0) is 11.2 Å². The number of aryl methyl sites for hydroxylation is 2. The van der Waals surface area contributed by atoms with Crippen LogP contribution in [0.3, 0.4) is 0 Å². The topological polar surface area (TPSA) is 61.6 Å². The molecule has 1 aromatic carbocycles. The summed E-state index contributed by atoms with van der Waals surface area (Å²) in [5, 5.41) is 0.728. The van der Waals surface area contributed by atoms with E-state index >= 15 is 0 Å². The number of furan rings is 1. The zero-order chi connectivity index (χ0) is 16.7. The highest BCUT2D eigenvalue weighted by Gasteiger charge is 2.27. The number of aromatic nitrogens is 1. The summed E-state index contributed by atoms with van der Waals surface area (Å²) in [6.45, 7) is 3.89. The number of carbonyl (C=O) groups excluding carboxylic acids is 1. The molecule has 1 aliphatic carbocycles. The lowest BCUT2D eigenvalue weighted by atomic mass is 10.1. The third-order valence-electron chi connectivity index (χ3n) is 4.20. The Kier molecular flexibility index (Phi) is 3.76. The van der Waals surface area contributed by atoms with E-state index in [1.165, 1.54) is 4.88 Å². The smallest absolute Gasteiger partial charge is 0.342 e. The van der Waals surface area contributed by atoms with E-state index in [2.05, 4.69) is 4.98 Å². The van der Waals surface area contributed by atoms with Crippen molar-refractivity contribution in [2.24, 2.45) is 0 Å². The minimum atomic E-state index is -0.364. The SMILES string of the molecule is CCOC(=O)c1c(C)oc2ccc(OC3CCc4ncsc43)cc12. The van der Waals surface area contributed by atoms with Crippen LogP contribution in [0.15, 0.2) is 28.1 Å². The van der Waals surface area contributed by atoms with E-state index < -0.39 is 0 Å². The third kappa shape index (κ3) is 2.47. The molecular formula is C18H17NO4S. The summed E-state index contributed by atoms with van der Waals surface area (Å²) in [6, 6.07) is 5.57. The Morgan fingerprint density at radius 1 is 1.46 bits per heavy atom. The number of thiazole rings is 1. The maximum atomic E-state index is 12.2. The first-order valence-corrected chi connectivity index (χ1v) is 8.84. The van der Waals surface area contributed by atoms with Crippen molar-refractivity contribution >= 4 is 28.3 Å². The number of rotatable bonds is 4. The predicted octanol–water partition coefficient (Wildman–Crippen LogP) is 4.44. The summed E-state index contributed by atoms with van der Waals surface area (Å²) in [6.07, 6.45) is 1.91. The fraction of sp³-hybridized carbons (Fsp3) is 0.333. The van der Waals surface area contributed by atoms with Gasteiger partial charge in [-0.25, -0.2) is 9.78 Å². The number of nitrogens with zero attached hydrogens (tertiary/aromatic N) is 1. The molecule has 1 atom stereocenters. The summed E-state index contributed by atoms with van der Waals surface area (Å²) in [7, 11) is 0. The van der Waals surface area contributed by atoms with Crippen molar-refractivity contribution < 1.29 is 18.7 Å². The van der Waals surface area contributed by atoms with Crippen molar-refractivity contribution in [1.82, 2.24) is 4.98 Å². The first kappa shape index (κ1) is 15.2. The van der Waals surface area contributed by atoms with Crippen molar-refractivity contribution in [3.63, 3.8) is 0 Å². The number of fused-ring (bicyclic) bond motifs is 2. The molecule has 124 valence electrons. The van der Waals surface area contributed by atoms with Crippen LogP contribution in [0.25, 0.3) is 11.0 Å². The number of esters is 1. The number of hydrogen-bond donors (Lipinski definition) is 0. The molecule has 0 saturated carbocycles. The van der Waals surface area contributed by atoms with Crippen LogP contribution in [0.5, 0.6) is 5.75 Å². The van der Waals surface area contributed by atoms with Gasteiger partial charge < -0.3 is 13.9 Å². The molecule has 24 heavy (non-hydrogen) atoms. The lowest BCUT2D eigenvalue weighted by Crippen LogP contribution is -2.05. The van der Waals surface area contributed by atoms with Gasteiger partial charge in [0.2, 0.25) is 0 Å². The fourth-order valence-corrected chi connectivity index (χ4v) is 4.03. The van der Waals surface area contributed by atoms with Gasteiger partial charge in [-0.3, -0.25) is 0 Å². The van der Waals surface area contributed by atoms with E-state index in [4.69, 9.17) is 13.9 Å². The Bertz CT molecular complexity index is 911. The van der Waals surface area contributed by atoms with Crippen LogP contribution in [0, 0.1) is 6.92 Å².